The van der Waals surface area contributed by atoms with Crippen LogP contribution in [0, 0.1) is 5.41 Å². The topological polar surface area (TPSA) is 143 Å². The van der Waals surface area contributed by atoms with Crippen molar-refractivity contribution in [1.82, 2.24) is 20.4 Å². The highest BCUT2D eigenvalue weighted by atomic mass is 32.2. The second-order valence-electron chi connectivity index (χ2n) is 11.3. The van der Waals surface area contributed by atoms with E-state index in [1.165, 1.54) is 53.9 Å². The first-order chi connectivity index (χ1) is 18.5. The Morgan fingerprint density at radius 2 is 1.79 bits per heavy atom. The first kappa shape index (κ1) is 30.6. The van der Waals surface area contributed by atoms with Gasteiger partial charge in [0.15, 0.2) is 0 Å². The third-order valence-electron chi connectivity index (χ3n) is 6.73. The zero-order valence-corrected chi connectivity index (χ0v) is 24.2. The van der Waals surface area contributed by atoms with Crippen molar-refractivity contribution in [3.05, 3.63) is 77.1 Å². The Kier molecular flexibility index (Phi) is 10.9. The summed E-state index contributed by atoms with van der Waals surface area (Å²) in [5, 5.41) is 6.20. The van der Waals surface area contributed by atoms with E-state index in [2.05, 4.69) is 55.0 Å². The van der Waals surface area contributed by atoms with Gasteiger partial charge in [0.25, 0.3) is 0 Å². The Balaban J connectivity index is 0.000000223. The number of nitrogens with zero attached hydrogens (tertiary/aromatic N) is 1. The molecule has 2 aliphatic rings. The average Bonchev–Trinajstić information content (AvgIpc) is 2.90. The van der Waals surface area contributed by atoms with E-state index >= 15 is 0 Å². The standard InChI is InChI=1S/C16H25N.C13H19N5O3S/c1-16(2,3)12-17-11-13-8-9-14-6-4-5-7-15(14)10-13;14-10(9-17-15)8-12-13(19)16-6-7-18(12)22(20,21)11-4-2-1-3-5-11/h8-10,17H,4-7,11-12H2,1-3H3;1-5,9,12,17H,6-8,14-15H2,(H,16,19)/b;10-9-/t;12-/m.1/s1. The minimum atomic E-state index is -3.77. The quantitative estimate of drug-likeness (QED) is 0.248. The minimum absolute atomic E-state index is 0.0576. The van der Waals surface area contributed by atoms with E-state index in [0.717, 1.165) is 13.1 Å². The van der Waals surface area contributed by atoms with Crippen molar-refractivity contribution < 1.29 is 13.2 Å². The largest absolute Gasteiger partial charge is 0.401 e. The van der Waals surface area contributed by atoms with Crippen LogP contribution in [0.4, 0.5) is 0 Å². The molecule has 0 spiro atoms. The first-order valence-corrected chi connectivity index (χ1v) is 15.0. The van der Waals surface area contributed by atoms with Gasteiger partial charge >= 0.3 is 0 Å². The maximum Gasteiger partial charge on any atom is 0.243 e. The normalized spacial score (nSPS) is 18.4. The maximum atomic E-state index is 12.7. The highest BCUT2D eigenvalue weighted by Crippen LogP contribution is 2.23. The summed E-state index contributed by atoms with van der Waals surface area (Å²) in [5.74, 6) is 4.77. The van der Waals surface area contributed by atoms with Crippen LogP contribution in [0.15, 0.2) is 65.3 Å². The number of amides is 1. The van der Waals surface area contributed by atoms with Gasteiger partial charge in [0.1, 0.15) is 6.04 Å². The number of benzene rings is 2. The molecule has 9 nitrogen and oxygen atoms in total. The van der Waals surface area contributed by atoms with Crippen LogP contribution < -0.4 is 27.6 Å². The number of carbonyl (C=O) groups is 1. The van der Waals surface area contributed by atoms with Crippen molar-refractivity contribution in [3.8, 4) is 0 Å². The molecule has 0 radical (unpaired) electrons. The fraction of sp³-hybridized carbons (Fsp3) is 0.483. The molecule has 4 rings (SSSR count). The number of nitrogens with one attached hydrogen (secondary N) is 3. The molecule has 10 heteroatoms. The Labute approximate surface area is 233 Å². The third kappa shape index (κ3) is 9.06. The number of sulfonamides is 1. The zero-order valence-electron chi connectivity index (χ0n) is 23.4. The van der Waals surface area contributed by atoms with Gasteiger partial charge in [-0.25, -0.2) is 8.42 Å². The van der Waals surface area contributed by atoms with Crippen LogP contribution in [-0.2, 0) is 34.2 Å². The molecule has 0 bridgehead atoms. The Morgan fingerprint density at radius 1 is 1.10 bits per heavy atom. The minimum Gasteiger partial charge on any atom is -0.401 e. The van der Waals surface area contributed by atoms with Gasteiger partial charge in [-0.2, -0.15) is 4.31 Å². The number of rotatable bonds is 8. The van der Waals surface area contributed by atoms with Gasteiger partial charge in [0.05, 0.1) is 4.90 Å². The van der Waals surface area contributed by atoms with E-state index in [9.17, 15) is 13.2 Å². The summed E-state index contributed by atoms with van der Waals surface area (Å²) in [5.41, 5.74) is 13.3. The van der Waals surface area contributed by atoms with E-state index in [-0.39, 0.29) is 36.0 Å². The van der Waals surface area contributed by atoms with Gasteiger partial charge in [0.2, 0.25) is 15.9 Å². The number of aryl methyl sites for hydroxylation is 2. The molecule has 1 heterocycles. The summed E-state index contributed by atoms with van der Waals surface area (Å²) in [6.45, 7) is 9.35. The van der Waals surface area contributed by atoms with Gasteiger partial charge in [0, 0.05) is 44.5 Å². The first-order valence-electron chi connectivity index (χ1n) is 13.6. The van der Waals surface area contributed by atoms with Crippen LogP contribution in [0.1, 0.15) is 56.7 Å². The SMILES string of the molecule is CC(C)(C)CNCc1ccc2c(c1)CCCC2.NN/C=C(\N)C[C@@H]1C(=O)NCCN1S(=O)(=O)c1ccccc1. The zero-order chi connectivity index (χ0) is 28.5. The lowest BCUT2D eigenvalue weighted by Gasteiger charge is -2.34. The molecule has 2 aromatic rings. The van der Waals surface area contributed by atoms with Gasteiger partial charge < -0.3 is 21.8 Å². The molecule has 1 amide bonds. The summed E-state index contributed by atoms with van der Waals surface area (Å²) in [4.78, 5) is 12.2. The van der Waals surface area contributed by atoms with Crippen molar-refractivity contribution in [2.45, 2.75) is 70.4 Å². The van der Waals surface area contributed by atoms with Crippen molar-refractivity contribution in [2.75, 3.05) is 19.6 Å². The molecule has 1 saturated heterocycles. The number of hydrazine groups is 1. The molecule has 1 fully saturated rings. The maximum absolute atomic E-state index is 12.7. The lowest BCUT2D eigenvalue weighted by atomic mass is 9.90. The molecule has 1 atom stereocenters. The monoisotopic (exact) mass is 556 g/mol. The Morgan fingerprint density at radius 3 is 2.46 bits per heavy atom. The predicted molar refractivity (Wildman–Crippen MR) is 156 cm³/mol. The molecule has 0 unspecified atom stereocenters. The summed E-state index contributed by atoms with van der Waals surface area (Å²) < 4.78 is 26.6. The van der Waals surface area contributed by atoms with Crippen LogP contribution in [0.3, 0.4) is 0 Å². The number of nitrogens with two attached hydrogens (primary N) is 2. The summed E-state index contributed by atoms with van der Waals surface area (Å²) in [6, 6.07) is 14.1. The summed E-state index contributed by atoms with van der Waals surface area (Å²) >= 11 is 0. The molecule has 0 saturated carbocycles. The van der Waals surface area contributed by atoms with Crippen LogP contribution in [0.5, 0.6) is 0 Å². The van der Waals surface area contributed by atoms with E-state index < -0.39 is 16.1 Å². The lowest BCUT2D eigenvalue weighted by molar-refractivity contribution is -0.126. The van der Waals surface area contributed by atoms with Gasteiger partial charge in [-0.3, -0.25) is 10.6 Å². The fourth-order valence-electron chi connectivity index (χ4n) is 4.77. The molecule has 2 aromatic carbocycles. The van der Waals surface area contributed by atoms with Gasteiger partial charge in [-0.05, 0) is 59.9 Å². The smallest absolute Gasteiger partial charge is 0.243 e. The van der Waals surface area contributed by atoms with Crippen molar-refractivity contribution in [3.63, 3.8) is 0 Å². The Hall–Kier alpha value is -2.92. The number of fused-ring (bicyclic) bond motifs is 1. The van der Waals surface area contributed by atoms with Crippen molar-refractivity contribution in [2.24, 2.45) is 17.0 Å². The van der Waals surface area contributed by atoms with Gasteiger partial charge in [-0.15, -0.1) is 0 Å². The van der Waals surface area contributed by atoms with Crippen LogP contribution in [0.2, 0.25) is 0 Å². The lowest BCUT2D eigenvalue weighted by Crippen LogP contribution is -2.57. The van der Waals surface area contributed by atoms with E-state index in [1.807, 2.05) is 0 Å². The molecular weight excluding hydrogens is 512 g/mol. The molecule has 7 N–H and O–H groups in total. The van der Waals surface area contributed by atoms with Crippen molar-refractivity contribution in [1.29, 1.82) is 0 Å². The second-order valence-corrected chi connectivity index (χ2v) is 13.2. The van der Waals surface area contributed by atoms with Gasteiger partial charge in [-0.1, -0.05) is 57.2 Å². The Bertz CT molecular complexity index is 1230. The molecule has 1 aliphatic heterocycles. The predicted octanol–water partition coefficient (Wildman–Crippen LogP) is 2.53. The highest BCUT2D eigenvalue weighted by molar-refractivity contribution is 7.89. The molecule has 0 aromatic heterocycles. The van der Waals surface area contributed by atoms with Crippen LogP contribution >= 0.6 is 0 Å². The number of hydrogen-bond acceptors (Lipinski definition) is 7. The number of carbonyl (C=O) groups excluding carboxylic acids is 1. The fourth-order valence-corrected chi connectivity index (χ4v) is 6.38. The molecule has 39 heavy (non-hydrogen) atoms. The van der Waals surface area contributed by atoms with Crippen molar-refractivity contribution >= 4 is 15.9 Å². The third-order valence-corrected chi connectivity index (χ3v) is 8.65. The molecule has 214 valence electrons. The number of hydrogen-bond donors (Lipinski definition) is 5. The second kappa shape index (κ2) is 13.9. The van der Waals surface area contributed by atoms with E-state index in [0.29, 0.717) is 5.41 Å². The van der Waals surface area contributed by atoms with Crippen LogP contribution in [0.25, 0.3) is 0 Å². The average molecular weight is 557 g/mol. The number of piperazine rings is 1. The molecule has 1 aliphatic carbocycles. The van der Waals surface area contributed by atoms with Crippen LogP contribution in [-0.4, -0.2) is 44.3 Å². The van der Waals surface area contributed by atoms with E-state index in [4.69, 9.17) is 11.6 Å². The van der Waals surface area contributed by atoms with E-state index in [1.54, 1.807) is 29.3 Å². The summed E-state index contributed by atoms with van der Waals surface area (Å²) in [6.07, 6.45) is 6.69. The highest BCUT2D eigenvalue weighted by Gasteiger charge is 2.38. The summed E-state index contributed by atoms with van der Waals surface area (Å²) in [7, 11) is -3.77. The molecular formula is C29H44N6O3S.